The Labute approximate surface area is 111 Å². The van der Waals surface area contributed by atoms with Gasteiger partial charge < -0.3 is 15.8 Å². The van der Waals surface area contributed by atoms with E-state index in [4.69, 9.17) is 22.5 Å². The van der Waals surface area contributed by atoms with Crippen LogP contribution in [-0.2, 0) is 4.79 Å². The van der Waals surface area contributed by atoms with Crippen LogP contribution in [0.5, 0.6) is 0 Å². The molecule has 0 saturated heterocycles. The zero-order valence-corrected chi connectivity index (χ0v) is 11.1. The Morgan fingerprint density at radius 2 is 2.17 bits per heavy atom. The van der Waals surface area contributed by atoms with Gasteiger partial charge >= 0.3 is 0 Å². The quantitative estimate of drug-likeness (QED) is 0.380. The summed E-state index contributed by atoms with van der Waals surface area (Å²) >= 11 is 6.07. The molecule has 1 aromatic carbocycles. The van der Waals surface area contributed by atoms with E-state index in [-0.39, 0.29) is 24.2 Å². The van der Waals surface area contributed by atoms with Crippen molar-refractivity contribution in [1.29, 1.82) is 0 Å². The minimum absolute atomic E-state index is 0.113. The van der Waals surface area contributed by atoms with Gasteiger partial charge in [-0.2, -0.15) is 0 Å². The van der Waals surface area contributed by atoms with Crippen molar-refractivity contribution in [3.05, 3.63) is 34.9 Å². The van der Waals surface area contributed by atoms with Crippen molar-refractivity contribution in [2.75, 3.05) is 7.05 Å². The number of halogens is 1. The third-order valence-corrected chi connectivity index (χ3v) is 3.13. The standard InChI is InChI=1S/C12H16ClN3O2/c1-8(9-5-3-4-6-10(9)13)16(2)12(17)7-11(14)15-18/h3-6,8,18H,7H2,1-2H3,(H2,14,15). The Morgan fingerprint density at radius 1 is 1.56 bits per heavy atom. The van der Waals surface area contributed by atoms with Crippen molar-refractivity contribution in [3.8, 4) is 0 Å². The van der Waals surface area contributed by atoms with Crippen LogP contribution in [0.3, 0.4) is 0 Å². The van der Waals surface area contributed by atoms with Crippen LogP contribution in [0.4, 0.5) is 0 Å². The summed E-state index contributed by atoms with van der Waals surface area (Å²) in [6.45, 7) is 1.87. The van der Waals surface area contributed by atoms with E-state index in [2.05, 4.69) is 5.16 Å². The highest BCUT2D eigenvalue weighted by atomic mass is 35.5. The normalized spacial score (nSPS) is 13.2. The van der Waals surface area contributed by atoms with Gasteiger partial charge in [0, 0.05) is 12.1 Å². The van der Waals surface area contributed by atoms with Crippen molar-refractivity contribution in [2.45, 2.75) is 19.4 Å². The molecule has 0 aliphatic rings. The molecule has 0 fully saturated rings. The lowest BCUT2D eigenvalue weighted by Gasteiger charge is -2.25. The minimum Gasteiger partial charge on any atom is -0.409 e. The summed E-state index contributed by atoms with van der Waals surface area (Å²) in [5.41, 5.74) is 6.16. The van der Waals surface area contributed by atoms with Crippen LogP contribution in [-0.4, -0.2) is 28.9 Å². The summed E-state index contributed by atoms with van der Waals surface area (Å²) in [5, 5.41) is 11.8. The maximum atomic E-state index is 11.8. The molecule has 0 aliphatic carbocycles. The fourth-order valence-corrected chi connectivity index (χ4v) is 1.85. The van der Waals surface area contributed by atoms with E-state index >= 15 is 0 Å². The Balaban J connectivity index is 2.81. The van der Waals surface area contributed by atoms with Gasteiger partial charge in [0.2, 0.25) is 5.91 Å². The molecule has 6 heteroatoms. The average Bonchev–Trinajstić information content (AvgIpc) is 2.37. The van der Waals surface area contributed by atoms with Gasteiger partial charge in [-0.15, -0.1) is 0 Å². The van der Waals surface area contributed by atoms with Gasteiger partial charge in [-0.1, -0.05) is 35.0 Å². The summed E-state index contributed by atoms with van der Waals surface area (Å²) in [5.74, 6) is -0.351. The fourth-order valence-electron chi connectivity index (χ4n) is 1.55. The largest absolute Gasteiger partial charge is 0.409 e. The number of nitrogens with two attached hydrogens (primary N) is 1. The average molecular weight is 270 g/mol. The Morgan fingerprint density at radius 3 is 2.72 bits per heavy atom. The third kappa shape index (κ3) is 3.37. The number of amidine groups is 1. The second-order valence-corrected chi connectivity index (χ2v) is 4.38. The SMILES string of the molecule is CC(c1ccccc1Cl)N(C)C(=O)CC(N)=NO. The molecule has 0 heterocycles. The van der Waals surface area contributed by atoms with E-state index in [1.165, 1.54) is 4.90 Å². The zero-order valence-electron chi connectivity index (χ0n) is 10.3. The molecule has 1 unspecified atom stereocenters. The van der Waals surface area contributed by atoms with E-state index in [1.807, 2.05) is 25.1 Å². The first-order chi connectivity index (χ1) is 8.47. The molecule has 1 aromatic rings. The number of hydrogen-bond acceptors (Lipinski definition) is 3. The number of amides is 1. The minimum atomic E-state index is -0.238. The summed E-state index contributed by atoms with van der Waals surface area (Å²) in [6.07, 6.45) is -0.123. The van der Waals surface area contributed by atoms with Gasteiger partial charge in [-0.25, -0.2) is 0 Å². The number of nitrogens with zero attached hydrogens (tertiary/aromatic N) is 2. The summed E-state index contributed by atoms with van der Waals surface area (Å²) in [4.78, 5) is 13.4. The number of benzene rings is 1. The Kier molecular flexibility index (Phi) is 4.97. The predicted molar refractivity (Wildman–Crippen MR) is 70.7 cm³/mol. The highest BCUT2D eigenvalue weighted by molar-refractivity contribution is 6.31. The molecule has 0 saturated carbocycles. The van der Waals surface area contributed by atoms with Gasteiger partial charge in [-0.05, 0) is 18.6 Å². The fraction of sp³-hybridized carbons (Fsp3) is 0.333. The number of oxime groups is 1. The lowest BCUT2D eigenvalue weighted by atomic mass is 10.1. The lowest BCUT2D eigenvalue weighted by Crippen LogP contribution is -2.33. The van der Waals surface area contributed by atoms with Gasteiger partial charge in [0.15, 0.2) is 0 Å². The highest BCUT2D eigenvalue weighted by Crippen LogP contribution is 2.26. The Hall–Kier alpha value is -1.75. The molecule has 3 N–H and O–H groups in total. The lowest BCUT2D eigenvalue weighted by molar-refractivity contribution is -0.130. The van der Waals surface area contributed by atoms with Crippen molar-refractivity contribution in [2.24, 2.45) is 10.9 Å². The van der Waals surface area contributed by atoms with Crippen molar-refractivity contribution in [3.63, 3.8) is 0 Å². The van der Waals surface area contributed by atoms with Crippen LogP contribution in [0.2, 0.25) is 5.02 Å². The third-order valence-electron chi connectivity index (χ3n) is 2.79. The second kappa shape index (κ2) is 6.26. The molecule has 0 aliphatic heterocycles. The van der Waals surface area contributed by atoms with Gasteiger partial charge in [0.25, 0.3) is 0 Å². The number of carbonyl (C=O) groups excluding carboxylic acids is 1. The second-order valence-electron chi connectivity index (χ2n) is 3.97. The van der Waals surface area contributed by atoms with Gasteiger partial charge in [0.1, 0.15) is 5.84 Å². The van der Waals surface area contributed by atoms with Crippen LogP contribution in [0.25, 0.3) is 0 Å². The molecule has 98 valence electrons. The molecule has 0 aromatic heterocycles. The molecule has 0 radical (unpaired) electrons. The molecular formula is C12H16ClN3O2. The number of rotatable bonds is 4. The first kappa shape index (κ1) is 14.3. The molecular weight excluding hydrogens is 254 g/mol. The van der Waals surface area contributed by atoms with Crippen LogP contribution in [0.1, 0.15) is 24.9 Å². The van der Waals surface area contributed by atoms with Crippen LogP contribution in [0, 0.1) is 0 Å². The zero-order chi connectivity index (χ0) is 13.7. The van der Waals surface area contributed by atoms with Gasteiger partial charge in [0.05, 0.1) is 12.5 Å². The summed E-state index contributed by atoms with van der Waals surface area (Å²) in [7, 11) is 1.65. The van der Waals surface area contributed by atoms with E-state index in [0.29, 0.717) is 5.02 Å². The smallest absolute Gasteiger partial charge is 0.230 e. The van der Waals surface area contributed by atoms with E-state index in [1.54, 1.807) is 13.1 Å². The predicted octanol–water partition coefficient (Wildman–Crippen LogP) is 2.00. The summed E-state index contributed by atoms with van der Waals surface area (Å²) in [6, 6.07) is 7.14. The van der Waals surface area contributed by atoms with Crippen LogP contribution in [0.15, 0.2) is 29.4 Å². The molecule has 18 heavy (non-hydrogen) atoms. The van der Waals surface area contributed by atoms with Crippen LogP contribution < -0.4 is 5.73 Å². The molecule has 1 rings (SSSR count). The maximum Gasteiger partial charge on any atom is 0.230 e. The summed E-state index contributed by atoms with van der Waals surface area (Å²) < 4.78 is 0. The first-order valence-corrected chi connectivity index (χ1v) is 5.81. The molecule has 5 nitrogen and oxygen atoms in total. The monoisotopic (exact) mass is 269 g/mol. The molecule has 1 amide bonds. The van der Waals surface area contributed by atoms with E-state index in [0.717, 1.165) is 5.56 Å². The first-order valence-electron chi connectivity index (χ1n) is 5.43. The molecule has 0 bridgehead atoms. The number of carbonyl (C=O) groups is 1. The molecule has 0 spiro atoms. The van der Waals surface area contributed by atoms with E-state index < -0.39 is 0 Å². The van der Waals surface area contributed by atoms with Gasteiger partial charge in [-0.3, -0.25) is 4.79 Å². The van der Waals surface area contributed by atoms with Crippen molar-refractivity contribution in [1.82, 2.24) is 4.90 Å². The van der Waals surface area contributed by atoms with Crippen molar-refractivity contribution >= 4 is 23.3 Å². The Bertz CT molecular complexity index is 462. The highest BCUT2D eigenvalue weighted by Gasteiger charge is 2.19. The van der Waals surface area contributed by atoms with Crippen LogP contribution >= 0.6 is 11.6 Å². The topological polar surface area (TPSA) is 78.9 Å². The molecule has 1 atom stereocenters. The van der Waals surface area contributed by atoms with Crippen molar-refractivity contribution < 1.29 is 10.0 Å². The van der Waals surface area contributed by atoms with E-state index in [9.17, 15) is 4.79 Å². The maximum absolute atomic E-state index is 11.8. The number of hydrogen-bond donors (Lipinski definition) is 2.